The normalized spacial score (nSPS) is 18.6. The van der Waals surface area contributed by atoms with Crippen LogP contribution in [0.5, 0.6) is 0 Å². The van der Waals surface area contributed by atoms with Gasteiger partial charge in [0, 0.05) is 0 Å². The van der Waals surface area contributed by atoms with Gasteiger partial charge in [-0.1, -0.05) is 34.8 Å². The predicted octanol–water partition coefficient (Wildman–Crippen LogP) is 8.00. The van der Waals surface area contributed by atoms with Crippen molar-refractivity contribution < 1.29 is 83.4 Å². The van der Waals surface area contributed by atoms with Gasteiger partial charge in [-0.15, -0.1) is 0 Å². The summed E-state index contributed by atoms with van der Waals surface area (Å²) in [6, 6.07) is 0. The molecule has 0 fully saturated rings. The molecule has 0 amide bonds. The minimum absolute atomic E-state index is 4.05. The van der Waals surface area contributed by atoms with E-state index in [9.17, 15) is 83.4 Å². The molecular formula is C10Cl3F19. The molecule has 1 unspecified atom stereocenters. The van der Waals surface area contributed by atoms with Crippen LogP contribution in [0.4, 0.5) is 83.4 Å². The molecule has 22 heteroatoms. The molecule has 194 valence electrons. The van der Waals surface area contributed by atoms with Crippen LogP contribution in [0.1, 0.15) is 0 Å². The van der Waals surface area contributed by atoms with Gasteiger partial charge in [0.1, 0.15) is 0 Å². The molecule has 0 heterocycles. The molecule has 0 aliphatic carbocycles. The maximum absolute atomic E-state index is 14.2. The number of alkyl halides is 22. The van der Waals surface area contributed by atoms with E-state index in [0.717, 1.165) is 0 Å². The van der Waals surface area contributed by atoms with Crippen LogP contribution in [0.15, 0.2) is 0 Å². The third kappa shape index (κ3) is 3.71. The van der Waals surface area contributed by atoms with Crippen molar-refractivity contribution in [1.29, 1.82) is 0 Å². The highest BCUT2D eigenvalue weighted by Crippen LogP contribution is 2.68. The Morgan fingerprint density at radius 2 is 0.500 bits per heavy atom. The van der Waals surface area contributed by atoms with Crippen LogP contribution in [-0.2, 0) is 0 Å². The lowest BCUT2D eigenvalue weighted by Gasteiger charge is -2.47. The highest BCUT2D eigenvalue weighted by atomic mass is 35.6. The molecule has 0 spiro atoms. The molecule has 0 radical (unpaired) electrons. The molecule has 0 nitrogen and oxygen atoms in total. The van der Waals surface area contributed by atoms with Crippen LogP contribution in [0.2, 0.25) is 0 Å². The Hall–Kier alpha value is -0.460. The Balaban J connectivity index is 7.35. The van der Waals surface area contributed by atoms with Crippen LogP contribution >= 0.6 is 34.8 Å². The smallest absolute Gasteiger partial charge is 0.225 e. The Kier molecular flexibility index (Phi) is 7.41. The summed E-state index contributed by atoms with van der Waals surface area (Å²) < 4.78 is 240. The zero-order valence-corrected chi connectivity index (χ0v) is 15.6. The average molecular weight is 587 g/mol. The standard InChI is InChI=1S/C10Cl3F19/c11-8(12,13)1(14,3(17,18)9(27,28)29)2(15,16)4(19,20)5(21,22)6(23,24)7(25,26)10(30,31)32. The zero-order chi connectivity index (χ0) is 27.0. The van der Waals surface area contributed by atoms with E-state index in [1.807, 2.05) is 0 Å². The average Bonchev–Trinajstić information content (AvgIpc) is 2.49. The van der Waals surface area contributed by atoms with Crippen molar-refractivity contribution in [3.63, 3.8) is 0 Å². The number of halogens is 22. The van der Waals surface area contributed by atoms with Crippen molar-refractivity contribution in [2.75, 3.05) is 0 Å². The molecule has 32 heavy (non-hydrogen) atoms. The van der Waals surface area contributed by atoms with Crippen molar-refractivity contribution in [3.05, 3.63) is 0 Å². The van der Waals surface area contributed by atoms with Crippen molar-refractivity contribution in [2.24, 2.45) is 0 Å². The van der Waals surface area contributed by atoms with Gasteiger partial charge in [-0.25, -0.2) is 4.39 Å². The molecule has 0 N–H and O–H groups in total. The van der Waals surface area contributed by atoms with Crippen molar-refractivity contribution >= 4 is 34.8 Å². The third-order valence-electron chi connectivity index (χ3n) is 3.55. The van der Waals surface area contributed by atoms with Gasteiger partial charge in [0.2, 0.25) is 3.79 Å². The van der Waals surface area contributed by atoms with E-state index in [4.69, 9.17) is 0 Å². The Morgan fingerprint density at radius 1 is 0.281 bits per heavy atom. The van der Waals surface area contributed by atoms with Gasteiger partial charge in [-0.2, -0.15) is 79.0 Å². The number of hydrogen-bond acceptors (Lipinski definition) is 0. The second-order valence-electron chi connectivity index (χ2n) is 5.60. The third-order valence-corrected chi connectivity index (χ3v) is 4.33. The highest BCUT2D eigenvalue weighted by molar-refractivity contribution is 6.68. The summed E-state index contributed by atoms with van der Waals surface area (Å²) in [5.74, 6) is -51.8. The van der Waals surface area contributed by atoms with Crippen molar-refractivity contribution in [2.45, 2.75) is 57.3 Å². The Morgan fingerprint density at radius 3 is 0.719 bits per heavy atom. The summed E-state index contributed by atoms with van der Waals surface area (Å²) >= 11 is 12.2. The van der Waals surface area contributed by atoms with E-state index in [1.165, 1.54) is 0 Å². The molecule has 0 bridgehead atoms. The summed E-state index contributed by atoms with van der Waals surface area (Å²) in [5.41, 5.74) is -8.01. The topological polar surface area (TPSA) is 0 Å². The highest BCUT2D eigenvalue weighted by Gasteiger charge is 2.98. The molecule has 0 saturated heterocycles. The summed E-state index contributed by atoms with van der Waals surface area (Å²) in [6.07, 6.45) is -15.8. The molecule has 0 aromatic carbocycles. The van der Waals surface area contributed by atoms with Crippen molar-refractivity contribution in [1.82, 2.24) is 0 Å². The fraction of sp³-hybridized carbons (Fsp3) is 1.00. The van der Waals surface area contributed by atoms with Gasteiger partial charge >= 0.3 is 47.9 Å². The van der Waals surface area contributed by atoms with Crippen molar-refractivity contribution in [3.8, 4) is 0 Å². The lowest BCUT2D eigenvalue weighted by Crippen LogP contribution is -2.79. The van der Waals surface area contributed by atoms with E-state index in [-0.39, 0.29) is 0 Å². The monoisotopic (exact) mass is 586 g/mol. The van der Waals surface area contributed by atoms with Gasteiger partial charge in [0.25, 0.3) is 5.67 Å². The molecular weight excluding hydrogens is 587 g/mol. The Labute approximate surface area is 176 Å². The van der Waals surface area contributed by atoms with Crippen LogP contribution < -0.4 is 0 Å². The first-order valence-corrected chi connectivity index (χ1v) is 7.54. The van der Waals surface area contributed by atoms with E-state index < -0.39 is 57.3 Å². The Bertz CT molecular complexity index is 698. The largest absolute Gasteiger partial charge is 0.460 e. The van der Waals surface area contributed by atoms with Crippen LogP contribution in [-0.4, -0.2) is 57.3 Å². The first-order valence-electron chi connectivity index (χ1n) is 6.41. The molecule has 0 aliphatic heterocycles. The van der Waals surface area contributed by atoms with E-state index in [0.29, 0.717) is 0 Å². The first-order chi connectivity index (χ1) is 13.2. The lowest BCUT2D eigenvalue weighted by molar-refractivity contribution is -0.460. The molecule has 1 atom stereocenters. The second kappa shape index (κ2) is 7.52. The summed E-state index contributed by atoms with van der Waals surface area (Å²) in [4.78, 5) is 0. The van der Waals surface area contributed by atoms with Gasteiger partial charge in [0.05, 0.1) is 0 Å². The van der Waals surface area contributed by atoms with Gasteiger partial charge in [0.15, 0.2) is 0 Å². The van der Waals surface area contributed by atoms with E-state index in [1.54, 1.807) is 0 Å². The van der Waals surface area contributed by atoms with Crippen LogP contribution in [0, 0.1) is 0 Å². The van der Waals surface area contributed by atoms with Gasteiger partial charge in [-0.3, -0.25) is 0 Å². The molecule has 0 aliphatic rings. The molecule has 0 aromatic rings. The molecule has 0 rings (SSSR count). The number of hydrogen-bond donors (Lipinski definition) is 0. The maximum atomic E-state index is 14.2. The fourth-order valence-corrected chi connectivity index (χ4v) is 2.45. The zero-order valence-electron chi connectivity index (χ0n) is 13.3. The SMILES string of the molecule is FC(F)(F)C(F)(F)C(F)(F)C(F)(F)C(F)(F)C(F)(F)C(F)(C(Cl)(Cl)Cl)C(F)(F)C(F)(F)F. The van der Waals surface area contributed by atoms with E-state index in [2.05, 4.69) is 34.8 Å². The summed E-state index contributed by atoms with van der Waals surface area (Å²) in [7, 11) is 0. The fourth-order valence-electron chi connectivity index (χ4n) is 1.73. The summed E-state index contributed by atoms with van der Waals surface area (Å²) in [5, 5.41) is 0. The molecule has 0 aromatic heterocycles. The second-order valence-corrected chi connectivity index (χ2v) is 7.88. The minimum atomic E-state index is -8.94. The van der Waals surface area contributed by atoms with Gasteiger partial charge in [-0.05, 0) is 0 Å². The summed E-state index contributed by atoms with van der Waals surface area (Å²) in [6.45, 7) is 0. The lowest BCUT2D eigenvalue weighted by atomic mass is 9.82. The maximum Gasteiger partial charge on any atom is 0.460 e. The first kappa shape index (κ1) is 31.5. The quantitative estimate of drug-likeness (QED) is 0.218. The number of rotatable bonds is 6. The minimum Gasteiger partial charge on any atom is -0.225 e. The van der Waals surface area contributed by atoms with Crippen LogP contribution in [0.3, 0.4) is 0 Å². The van der Waals surface area contributed by atoms with Crippen LogP contribution in [0.25, 0.3) is 0 Å². The molecule has 0 saturated carbocycles. The van der Waals surface area contributed by atoms with E-state index >= 15 is 0 Å². The predicted molar refractivity (Wildman–Crippen MR) is 65.9 cm³/mol. The van der Waals surface area contributed by atoms with Gasteiger partial charge < -0.3 is 0 Å².